The Morgan fingerprint density at radius 3 is 2.76 bits per heavy atom. The normalized spacial score (nSPS) is 13.8. The Bertz CT molecular complexity index is 441. The average Bonchev–Trinajstić information content (AvgIpc) is 2.76. The number of nitrogens with one attached hydrogen (secondary N) is 1. The molecule has 0 saturated carbocycles. The van der Waals surface area contributed by atoms with Crippen LogP contribution in [0, 0.1) is 0 Å². The highest BCUT2D eigenvalue weighted by Crippen LogP contribution is 2.21. The van der Waals surface area contributed by atoms with Gasteiger partial charge >= 0.3 is 0 Å². The summed E-state index contributed by atoms with van der Waals surface area (Å²) in [4.78, 5) is 0.628. The lowest BCUT2D eigenvalue weighted by Crippen LogP contribution is -2.31. The minimum absolute atomic E-state index is 0.143. The predicted molar refractivity (Wildman–Crippen MR) is 66.5 cm³/mol. The van der Waals surface area contributed by atoms with Crippen molar-refractivity contribution in [2.45, 2.75) is 30.8 Å². The van der Waals surface area contributed by atoms with Crippen molar-refractivity contribution >= 4 is 21.4 Å². The summed E-state index contributed by atoms with van der Waals surface area (Å²) in [5.74, 6) is 0. The SMILES string of the molecule is CCOC(C)CNS(=O)(=O)c1ccc(CO)s1. The Morgan fingerprint density at radius 2 is 2.24 bits per heavy atom. The topological polar surface area (TPSA) is 75.6 Å². The maximum absolute atomic E-state index is 11.8. The molecule has 0 aliphatic heterocycles. The Kier molecular flexibility index (Phi) is 5.54. The van der Waals surface area contributed by atoms with Crippen molar-refractivity contribution in [3.63, 3.8) is 0 Å². The summed E-state index contributed by atoms with van der Waals surface area (Å²) in [6, 6.07) is 3.09. The van der Waals surface area contributed by atoms with Crippen LogP contribution in [0.1, 0.15) is 18.7 Å². The third-order valence-corrected chi connectivity index (χ3v) is 5.06. The Balaban J connectivity index is 2.62. The van der Waals surface area contributed by atoms with E-state index in [9.17, 15) is 8.42 Å². The number of aliphatic hydroxyl groups excluding tert-OH is 1. The molecule has 2 N–H and O–H groups in total. The molecule has 5 nitrogen and oxygen atoms in total. The van der Waals surface area contributed by atoms with Crippen LogP contribution in [-0.2, 0) is 21.4 Å². The fourth-order valence-corrected chi connectivity index (χ4v) is 3.60. The van der Waals surface area contributed by atoms with E-state index in [4.69, 9.17) is 9.84 Å². The van der Waals surface area contributed by atoms with E-state index in [2.05, 4.69) is 4.72 Å². The molecular weight excluding hydrogens is 262 g/mol. The lowest BCUT2D eigenvalue weighted by molar-refractivity contribution is 0.0800. The van der Waals surface area contributed by atoms with Crippen molar-refractivity contribution in [2.75, 3.05) is 13.2 Å². The summed E-state index contributed by atoms with van der Waals surface area (Å²) in [7, 11) is -3.49. The number of thiophene rings is 1. The van der Waals surface area contributed by atoms with E-state index < -0.39 is 10.0 Å². The van der Waals surface area contributed by atoms with Crippen LogP contribution in [0.25, 0.3) is 0 Å². The first kappa shape index (κ1) is 14.6. The van der Waals surface area contributed by atoms with Crippen molar-refractivity contribution in [3.8, 4) is 0 Å². The van der Waals surface area contributed by atoms with Crippen molar-refractivity contribution in [1.29, 1.82) is 0 Å². The maximum atomic E-state index is 11.8. The first-order valence-corrected chi connectivity index (χ1v) is 7.60. The molecule has 0 amide bonds. The third-order valence-electron chi connectivity index (χ3n) is 2.07. The number of sulfonamides is 1. The fourth-order valence-electron chi connectivity index (χ4n) is 1.23. The van der Waals surface area contributed by atoms with E-state index in [0.717, 1.165) is 11.3 Å². The Hall–Kier alpha value is -0.470. The molecule has 98 valence electrons. The van der Waals surface area contributed by atoms with Gasteiger partial charge in [-0.2, -0.15) is 0 Å². The summed E-state index contributed by atoms with van der Waals surface area (Å²) in [5, 5.41) is 8.88. The molecule has 1 heterocycles. The van der Waals surface area contributed by atoms with Gasteiger partial charge in [0.1, 0.15) is 4.21 Å². The molecule has 0 fully saturated rings. The maximum Gasteiger partial charge on any atom is 0.250 e. The summed E-state index contributed by atoms with van der Waals surface area (Å²) in [6.45, 7) is 4.31. The van der Waals surface area contributed by atoms with E-state index in [0.29, 0.717) is 11.5 Å². The highest BCUT2D eigenvalue weighted by atomic mass is 32.2. The van der Waals surface area contributed by atoms with Gasteiger partial charge in [-0.05, 0) is 26.0 Å². The number of hydrogen-bond acceptors (Lipinski definition) is 5. The van der Waals surface area contributed by atoms with Crippen molar-refractivity contribution in [3.05, 3.63) is 17.0 Å². The molecule has 0 radical (unpaired) electrons. The Morgan fingerprint density at radius 1 is 1.53 bits per heavy atom. The predicted octanol–water partition coefficient (Wildman–Crippen LogP) is 0.944. The molecule has 1 atom stereocenters. The van der Waals surface area contributed by atoms with Crippen LogP contribution < -0.4 is 4.72 Å². The number of hydrogen-bond donors (Lipinski definition) is 2. The number of ether oxygens (including phenoxy) is 1. The quantitative estimate of drug-likeness (QED) is 0.779. The van der Waals surface area contributed by atoms with Crippen LogP contribution >= 0.6 is 11.3 Å². The molecule has 0 saturated heterocycles. The van der Waals surface area contributed by atoms with Gasteiger partial charge in [-0.1, -0.05) is 0 Å². The second-order valence-electron chi connectivity index (χ2n) is 3.50. The van der Waals surface area contributed by atoms with Crippen LogP contribution in [0.5, 0.6) is 0 Å². The van der Waals surface area contributed by atoms with Gasteiger partial charge in [-0.15, -0.1) is 11.3 Å². The van der Waals surface area contributed by atoms with E-state index in [-0.39, 0.29) is 23.5 Å². The highest BCUT2D eigenvalue weighted by Gasteiger charge is 2.17. The first-order valence-electron chi connectivity index (χ1n) is 5.30. The molecule has 7 heteroatoms. The van der Waals surface area contributed by atoms with Gasteiger partial charge < -0.3 is 9.84 Å². The number of aliphatic hydroxyl groups is 1. The molecule has 1 aromatic rings. The van der Waals surface area contributed by atoms with Gasteiger partial charge in [0.15, 0.2) is 0 Å². The summed E-state index contributed by atoms with van der Waals surface area (Å²) >= 11 is 1.06. The van der Waals surface area contributed by atoms with Gasteiger partial charge in [0.25, 0.3) is 0 Å². The van der Waals surface area contributed by atoms with Crippen LogP contribution in [0.15, 0.2) is 16.3 Å². The molecule has 0 aromatic carbocycles. The van der Waals surface area contributed by atoms with Gasteiger partial charge in [0.2, 0.25) is 10.0 Å². The van der Waals surface area contributed by atoms with E-state index in [1.54, 1.807) is 13.0 Å². The van der Waals surface area contributed by atoms with Crippen LogP contribution in [-0.4, -0.2) is 32.8 Å². The molecule has 1 rings (SSSR count). The zero-order valence-corrected chi connectivity index (χ0v) is 11.5. The minimum Gasteiger partial charge on any atom is -0.391 e. The zero-order valence-electron chi connectivity index (χ0n) is 9.84. The molecular formula is C10H17NO4S2. The van der Waals surface area contributed by atoms with Gasteiger partial charge in [-0.3, -0.25) is 0 Å². The summed E-state index contributed by atoms with van der Waals surface area (Å²) in [6.07, 6.45) is -0.160. The number of rotatable bonds is 7. The van der Waals surface area contributed by atoms with E-state index >= 15 is 0 Å². The lowest BCUT2D eigenvalue weighted by atomic mass is 10.4. The second-order valence-corrected chi connectivity index (χ2v) is 6.66. The summed E-state index contributed by atoms with van der Waals surface area (Å²) < 4.78 is 31.6. The van der Waals surface area contributed by atoms with Gasteiger partial charge in [-0.25, -0.2) is 13.1 Å². The molecule has 17 heavy (non-hydrogen) atoms. The molecule has 0 aliphatic carbocycles. The van der Waals surface area contributed by atoms with E-state index in [1.807, 2.05) is 6.92 Å². The van der Waals surface area contributed by atoms with Crippen molar-refractivity contribution < 1.29 is 18.3 Å². The summed E-state index contributed by atoms with van der Waals surface area (Å²) in [5.41, 5.74) is 0. The van der Waals surface area contributed by atoms with Crippen molar-refractivity contribution in [2.24, 2.45) is 0 Å². The first-order chi connectivity index (χ1) is 7.99. The average molecular weight is 279 g/mol. The highest BCUT2D eigenvalue weighted by molar-refractivity contribution is 7.91. The third kappa shape index (κ3) is 4.36. The zero-order chi connectivity index (χ0) is 12.9. The molecule has 1 unspecified atom stereocenters. The van der Waals surface area contributed by atoms with Crippen LogP contribution in [0.2, 0.25) is 0 Å². The molecule has 0 spiro atoms. The van der Waals surface area contributed by atoms with Gasteiger partial charge in [0, 0.05) is 18.0 Å². The molecule has 0 bridgehead atoms. The lowest BCUT2D eigenvalue weighted by Gasteiger charge is -2.12. The van der Waals surface area contributed by atoms with Crippen molar-refractivity contribution in [1.82, 2.24) is 4.72 Å². The van der Waals surface area contributed by atoms with Crippen LogP contribution in [0.4, 0.5) is 0 Å². The molecule has 0 aliphatic rings. The smallest absolute Gasteiger partial charge is 0.250 e. The fraction of sp³-hybridized carbons (Fsp3) is 0.600. The van der Waals surface area contributed by atoms with Crippen LogP contribution in [0.3, 0.4) is 0 Å². The standard InChI is InChI=1S/C10H17NO4S2/c1-3-15-8(2)6-11-17(13,14)10-5-4-9(7-12)16-10/h4-5,8,11-12H,3,6-7H2,1-2H3. The monoisotopic (exact) mass is 279 g/mol. The van der Waals surface area contributed by atoms with Gasteiger partial charge in [0.05, 0.1) is 12.7 Å². The second kappa shape index (κ2) is 6.46. The largest absolute Gasteiger partial charge is 0.391 e. The molecule has 1 aromatic heterocycles. The van der Waals surface area contributed by atoms with E-state index in [1.165, 1.54) is 6.07 Å². The minimum atomic E-state index is -3.49. The Labute approximate surface area is 105 Å².